The Hall–Kier alpha value is -1.38. The lowest BCUT2D eigenvalue weighted by Crippen LogP contribution is -2.00. The van der Waals surface area contributed by atoms with Crippen LogP contribution in [0.5, 0.6) is 5.75 Å². The van der Waals surface area contributed by atoms with Gasteiger partial charge in [-0.3, -0.25) is 0 Å². The van der Waals surface area contributed by atoms with Gasteiger partial charge in [0.05, 0.1) is 11.8 Å². The molecule has 0 aliphatic heterocycles. The van der Waals surface area contributed by atoms with Crippen molar-refractivity contribution in [2.24, 2.45) is 0 Å². The smallest absolute Gasteiger partial charge is 0.144 e. The second-order valence-corrected chi connectivity index (χ2v) is 3.32. The van der Waals surface area contributed by atoms with Gasteiger partial charge in [0.2, 0.25) is 0 Å². The Morgan fingerprint density at radius 3 is 2.85 bits per heavy atom. The molecule has 0 bridgehead atoms. The average molecular weight is 178 g/mol. The fraction of sp³-hybridized carbons (Fsp3) is 0.400. The van der Waals surface area contributed by atoms with Crippen LogP contribution in [-0.4, -0.2) is 13.2 Å². The van der Waals surface area contributed by atoms with Crippen LogP contribution in [0.15, 0.2) is 18.2 Å². The summed E-state index contributed by atoms with van der Waals surface area (Å²) in [6, 6.07) is 5.74. The third-order valence-electron chi connectivity index (χ3n) is 2.12. The number of hydrogen-bond acceptors (Lipinski definition) is 3. The van der Waals surface area contributed by atoms with Crippen molar-refractivity contribution in [3.8, 4) is 5.75 Å². The lowest BCUT2D eigenvalue weighted by molar-refractivity contribution is 0.305. The highest BCUT2D eigenvalue weighted by atomic mass is 16.5. The Bertz CT molecular complexity index is 308. The summed E-state index contributed by atoms with van der Waals surface area (Å²) in [4.78, 5) is 0. The molecule has 0 saturated heterocycles. The van der Waals surface area contributed by atoms with Crippen LogP contribution in [-0.2, 0) is 0 Å². The number of anilines is 2. The normalized spacial score (nSPS) is 15.5. The average Bonchev–Trinajstić information content (AvgIpc) is 2.93. The quantitative estimate of drug-likeness (QED) is 0.694. The number of nitrogen functional groups attached to an aromatic ring is 1. The highest BCUT2D eigenvalue weighted by Gasteiger charge is 2.24. The van der Waals surface area contributed by atoms with E-state index in [1.54, 1.807) is 0 Å². The molecule has 1 aromatic rings. The Morgan fingerprint density at radius 1 is 1.46 bits per heavy atom. The molecule has 0 spiro atoms. The molecular weight excluding hydrogens is 164 g/mol. The third kappa shape index (κ3) is 1.86. The summed E-state index contributed by atoms with van der Waals surface area (Å²) in [5, 5.41) is 3.05. The molecule has 2 rings (SSSR count). The standard InChI is InChI=1S/C10H14N2O/c1-12-7-2-5-9(11)10(6-7)13-8-3-4-8/h2,5-6,8,12H,3-4,11H2,1H3. The second kappa shape index (κ2) is 3.17. The Labute approximate surface area is 77.9 Å². The van der Waals surface area contributed by atoms with Crippen molar-refractivity contribution in [2.45, 2.75) is 18.9 Å². The molecule has 0 amide bonds. The highest BCUT2D eigenvalue weighted by Crippen LogP contribution is 2.32. The number of benzene rings is 1. The van der Waals surface area contributed by atoms with Crippen LogP contribution < -0.4 is 15.8 Å². The molecule has 3 N–H and O–H groups in total. The topological polar surface area (TPSA) is 47.3 Å². The monoisotopic (exact) mass is 178 g/mol. The van der Waals surface area contributed by atoms with Crippen LogP contribution in [0.3, 0.4) is 0 Å². The van der Waals surface area contributed by atoms with Crippen LogP contribution >= 0.6 is 0 Å². The van der Waals surface area contributed by atoms with Crippen molar-refractivity contribution in [2.75, 3.05) is 18.1 Å². The van der Waals surface area contributed by atoms with E-state index in [1.807, 2.05) is 25.2 Å². The molecule has 1 aliphatic rings. The number of nitrogens with two attached hydrogens (primary N) is 1. The first-order valence-corrected chi connectivity index (χ1v) is 4.53. The summed E-state index contributed by atoms with van der Waals surface area (Å²) in [6.07, 6.45) is 2.71. The highest BCUT2D eigenvalue weighted by molar-refractivity contribution is 5.61. The van der Waals surface area contributed by atoms with Crippen LogP contribution in [0.1, 0.15) is 12.8 Å². The Balaban J connectivity index is 2.19. The van der Waals surface area contributed by atoms with Gasteiger partial charge in [-0.25, -0.2) is 0 Å². The van der Waals surface area contributed by atoms with E-state index in [9.17, 15) is 0 Å². The van der Waals surface area contributed by atoms with Crippen molar-refractivity contribution in [1.29, 1.82) is 0 Å². The van der Waals surface area contributed by atoms with E-state index >= 15 is 0 Å². The van der Waals surface area contributed by atoms with E-state index in [0.717, 1.165) is 24.3 Å². The maximum atomic E-state index is 5.77. The molecule has 0 heterocycles. The minimum absolute atomic E-state index is 0.398. The molecular formula is C10H14N2O. The van der Waals surface area contributed by atoms with Crippen LogP contribution in [0.2, 0.25) is 0 Å². The molecule has 1 aromatic carbocycles. The van der Waals surface area contributed by atoms with Gasteiger partial charge in [0.1, 0.15) is 5.75 Å². The van der Waals surface area contributed by atoms with E-state index < -0.39 is 0 Å². The van der Waals surface area contributed by atoms with Crippen molar-refractivity contribution in [1.82, 2.24) is 0 Å². The third-order valence-corrected chi connectivity index (χ3v) is 2.12. The van der Waals surface area contributed by atoms with Crippen LogP contribution in [0.4, 0.5) is 11.4 Å². The maximum absolute atomic E-state index is 5.77. The zero-order valence-electron chi connectivity index (χ0n) is 7.71. The fourth-order valence-corrected chi connectivity index (χ4v) is 1.16. The minimum atomic E-state index is 0.398. The van der Waals surface area contributed by atoms with Gasteiger partial charge in [0.25, 0.3) is 0 Å². The fourth-order valence-electron chi connectivity index (χ4n) is 1.16. The first kappa shape index (κ1) is 8.23. The van der Waals surface area contributed by atoms with Gasteiger partial charge in [-0.15, -0.1) is 0 Å². The lowest BCUT2D eigenvalue weighted by Gasteiger charge is -2.09. The molecule has 0 unspecified atom stereocenters. The van der Waals surface area contributed by atoms with Crippen LogP contribution in [0.25, 0.3) is 0 Å². The molecule has 13 heavy (non-hydrogen) atoms. The minimum Gasteiger partial charge on any atom is -0.488 e. The summed E-state index contributed by atoms with van der Waals surface area (Å²) in [5.41, 5.74) is 7.51. The SMILES string of the molecule is CNc1ccc(N)c(OC2CC2)c1. The summed E-state index contributed by atoms with van der Waals surface area (Å²) >= 11 is 0. The predicted molar refractivity (Wildman–Crippen MR) is 54.1 cm³/mol. The molecule has 3 nitrogen and oxygen atoms in total. The summed E-state index contributed by atoms with van der Waals surface area (Å²) in [7, 11) is 1.88. The Kier molecular flexibility index (Phi) is 2.00. The van der Waals surface area contributed by atoms with Gasteiger partial charge in [-0.2, -0.15) is 0 Å². The van der Waals surface area contributed by atoms with E-state index in [4.69, 9.17) is 10.5 Å². The molecule has 0 atom stereocenters. The molecule has 1 saturated carbocycles. The largest absolute Gasteiger partial charge is 0.488 e. The van der Waals surface area contributed by atoms with Gasteiger partial charge in [-0.1, -0.05) is 0 Å². The van der Waals surface area contributed by atoms with Gasteiger partial charge in [0, 0.05) is 18.8 Å². The first-order valence-electron chi connectivity index (χ1n) is 4.53. The van der Waals surface area contributed by atoms with Crippen molar-refractivity contribution in [3.63, 3.8) is 0 Å². The van der Waals surface area contributed by atoms with Crippen molar-refractivity contribution >= 4 is 11.4 Å². The molecule has 0 radical (unpaired) electrons. The summed E-state index contributed by atoms with van der Waals surface area (Å²) < 4.78 is 5.63. The van der Waals surface area contributed by atoms with E-state index in [1.165, 1.54) is 0 Å². The molecule has 3 heteroatoms. The number of nitrogens with one attached hydrogen (secondary N) is 1. The molecule has 1 fully saturated rings. The summed E-state index contributed by atoms with van der Waals surface area (Å²) in [5.74, 6) is 0.800. The molecule has 0 aromatic heterocycles. The van der Waals surface area contributed by atoms with Gasteiger partial charge < -0.3 is 15.8 Å². The van der Waals surface area contributed by atoms with Crippen molar-refractivity contribution in [3.05, 3.63) is 18.2 Å². The number of ether oxygens (including phenoxy) is 1. The van der Waals surface area contributed by atoms with Gasteiger partial charge >= 0.3 is 0 Å². The van der Waals surface area contributed by atoms with E-state index in [2.05, 4.69) is 5.32 Å². The van der Waals surface area contributed by atoms with E-state index in [0.29, 0.717) is 11.8 Å². The van der Waals surface area contributed by atoms with Gasteiger partial charge in [0.15, 0.2) is 0 Å². The summed E-state index contributed by atoms with van der Waals surface area (Å²) in [6.45, 7) is 0. The zero-order chi connectivity index (χ0) is 9.26. The first-order chi connectivity index (χ1) is 6.29. The molecule has 70 valence electrons. The second-order valence-electron chi connectivity index (χ2n) is 3.32. The molecule has 1 aliphatic carbocycles. The van der Waals surface area contributed by atoms with Gasteiger partial charge in [-0.05, 0) is 25.0 Å². The zero-order valence-corrected chi connectivity index (χ0v) is 7.71. The number of rotatable bonds is 3. The predicted octanol–water partition coefficient (Wildman–Crippen LogP) is 1.85. The van der Waals surface area contributed by atoms with Crippen LogP contribution in [0, 0.1) is 0 Å². The number of hydrogen-bond donors (Lipinski definition) is 2. The Morgan fingerprint density at radius 2 is 2.23 bits per heavy atom. The maximum Gasteiger partial charge on any atom is 0.144 e. The van der Waals surface area contributed by atoms with Crippen molar-refractivity contribution < 1.29 is 4.74 Å². The lowest BCUT2D eigenvalue weighted by atomic mass is 10.2. The van der Waals surface area contributed by atoms with E-state index in [-0.39, 0.29) is 0 Å².